The minimum atomic E-state index is -1.11. The molecule has 0 bridgehead atoms. The smallest absolute Gasteiger partial charge is 0.407 e. The van der Waals surface area contributed by atoms with Gasteiger partial charge in [0, 0.05) is 17.1 Å². The number of hydrogen-bond donors (Lipinski definition) is 3. The fraction of sp³-hybridized carbons (Fsp3) is 0.286. The van der Waals surface area contributed by atoms with Crippen LogP contribution in [0.4, 0.5) is 4.79 Å². The molecule has 0 radical (unpaired) electrons. The molecule has 2 rings (SSSR count). The van der Waals surface area contributed by atoms with Gasteiger partial charge in [0.25, 0.3) is 0 Å². The Hall–Kier alpha value is -2.50. The SMILES string of the molecule is COC(=O)N[C@H](C(=O)O)C(C)c1cc2ccccc2[nH]1. The van der Waals surface area contributed by atoms with Gasteiger partial charge in [-0.25, -0.2) is 9.59 Å². The third kappa shape index (κ3) is 2.74. The lowest BCUT2D eigenvalue weighted by Gasteiger charge is -2.19. The van der Waals surface area contributed by atoms with E-state index in [0.717, 1.165) is 16.6 Å². The Morgan fingerprint density at radius 3 is 2.65 bits per heavy atom. The predicted molar refractivity (Wildman–Crippen MR) is 73.7 cm³/mol. The first-order valence-electron chi connectivity index (χ1n) is 6.18. The number of carboxylic acid groups (broad SMARTS) is 1. The first-order valence-corrected chi connectivity index (χ1v) is 6.18. The number of carboxylic acids is 1. The van der Waals surface area contributed by atoms with E-state index in [1.165, 1.54) is 7.11 Å². The van der Waals surface area contributed by atoms with E-state index in [1.54, 1.807) is 6.92 Å². The number of aliphatic carboxylic acids is 1. The number of carbonyl (C=O) groups excluding carboxylic acids is 1. The van der Waals surface area contributed by atoms with Crippen LogP contribution in [-0.2, 0) is 9.53 Å². The summed E-state index contributed by atoms with van der Waals surface area (Å²) < 4.78 is 4.45. The summed E-state index contributed by atoms with van der Waals surface area (Å²) in [6.45, 7) is 1.74. The van der Waals surface area contributed by atoms with Crippen LogP contribution in [0.3, 0.4) is 0 Å². The number of para-hydroxylation sites is 1. The predicted octanol–water partition coefficient (Wildman–Crippen LogP) is 2.08. The average molecular weight is 276 g/mol. The number of aromatic amines is 1. The minimum Gasteiger partial charge on any atom is -0.480 e. The van der Waals surface area contributed by atoms with Crippen LogP contribution < -0.4 is 5.32 Å². The Balaban J connectivity index is 2.28. The van der Waals surface area contributed by atoms with Crippen molar-refractivity contribution in [2.24, 2.45) is 0 Å². The molecule has 0 aliphatic carbocycles. The molecule has 1 amide bonds. The van der Waals surface area contributed by atoms with E-state index in [1.807, 2.05) is 30.3 Å². The van der Waals surface area contributed by atoms with Gasteiger partial charge in [-0.2, -0.15) is 0 Å². The number of amides is 1. The third-order valence-corrected chi connectivity index (χ3v) is 3.27. The van der Waals surface area contributed by atoms with Crippen molar-refractivity contribution < 1.29 is 19.4 Å². The monoisotopic (exact) mass is 276 g/mol. The van der Waals surface area contributed by atoms with Crippen molar-refractivity contribution in [3.63, 3.8) is 0 Å². The molecule has 0 spiro atoms. The van der Waals surface area contributed by atoms with Crippen molar-refractivity contribution in [1.82, 2.24) is 10.3 Å². The molecule has 20 heavy (non-hydrogen) atoms. The second kappa shape index (κ2) is 5.64. The van der Waals surface area contributed by atoms with Gasteiger partial charge in [0.1, 0.15) is 6.04 Å². The largest absolute Gasteiger partial charge is 0.480 e. The van der Waals surface area contributed by atoms with E-state index >= 15 is 0 Å². The van der Waals surface area contributed by atoms with Crippen molar-refractivity contribution in [3.8, 4) is 0 Å². The number of benzene rings is 1. The lowest BCUT2D eigenvalue weighted by atomic mass is 9.98. The number of fused-ring (bicyclic) bond motifs is 1. The first kappa shape index (κ1) is 13.9. The number of H-pyrrole nitrogens is 1. The van der Waals surface area contributed by atoms with Crippen LogP contribution >= 0.6 is 0 Å². The second-order valence-electron chi connectivity index (χ2n) is 4.55. The molecule has 106 valence electrons. The van der Waals surface area contributed by atoms with Gasteiger partial charge in [0.2, 0.25) is 0 Å². The Bertz CT molecular complexity index is 602. The average Bonchev–Trinajstić information content (AvgIpc) is 2.87. The zero-order chi connectivity index (χ0) is 14.7. The molecular weight excluding hydrogens is 260 g/mol. The molecule has 1 aromatic heterocycles. The molecule has 6 heteroatoms. The van der Waals surface area contributed by atoms with Crippen LogP contribution in [-0.4, -0.2) is 35.3 Å². The summed E-state index contributed by atoms with van der Waals surface area (Å²) in [5, 5.41) is 12.6. The Kier molecular flexibility index (Phi) is 3.93. The van der Waals surface area contributed by atoms with Gasteiger partial charge in [-0.15, -0.1) is 0 Å². The Morgan fingerprint density at radius 1 is 1.35 bits per heavy atom. The molecule has 0 saturated carbocycles. The number of hydrogen-bond acceptors (Lipinski definition) is 3. The molecule has 6 nitrogen and oxygen atoms in total. The molecule has 0 aliphatic rings. The van der Waals surface area contributed by atoms with Gasteiger partial charge in [-0.3, -0.25) is 0 Å². The third-order valence-electron chi connectivity index (χ3n) is 3.27. The van der Waals surface area contributed by atoms with E-state index in [2.05, 4.69) is 15.0 Å². The van der Waals surface area contributed by atoms with Crippen LogP contribution in [0.5, 0.6) is 0 Å². The maximum absolute atomic E-state index is 11.3. The fourth-order valence-corrected chi connectivity index (χ4v) is 2.11. The lowest BCUT2D eigenvalue weighted by Crippen LogP contribution is -2.44. The molecule has 0 aliphatic heterocycles. The summed E-state index contributed by atoms with van der Waals surface area (Å²) in [6.07, 6.45) is -0.764. The number of carbonyl (C=O) groups is 2. The van der Waals surface area contributed by atoms with Gasteiger partial charge >= 0.3 is 12.1 Å². The van der Waals surface area contributed by atoms with Gasteiger partial charge in [-0.05, 0) is 17.5 Å². The first-order chi connectivity index (χ1) is 9.52. The molecule has 2 aromatic rings. The number of nitrogens with one attached hydrogen (secondary N) is 2. The second-order valence-corrected chi connectivity index (χ2v) is 4.55. The van der Waals surface area contributed by atoms with Crippen LogP contribution in [0.2, 0.25) is 0 Å². The van der Waals surface area contributed by atoms with Crippen molar-refractivity contribution in [3.05, 3.63) is 36.0 Å². The normalized spacial score (nSPS) is 13.7. The molecule has 0 saturated heterocycles. The highest BCUT2D eigenvalue weighted by Crippen LogP contribution is 2.23. The van der Waals surface area contributed by atoms with E-state index in [4.69, 9.17) is 0 Å². The van der Waals surface area contributed by atoms with Crippen molar-refractivity contribution >= 4 is 23.0 Å². The van der Waals surface area contributed by atoms with E-state index in [-0.39, 0.29) is 0 Å². The highest BCUT2D eigenvalue weighted by Gasteiger charge is 2.29. The van der Waals surface area contributed by atoms with Crippen LogP contribution in [0.1, 0.15) is 18.5 Å². The van der Waals surface area contributed by atoms with Crippen LogP contribution in [0.15, 0.2) is 30.3 Å². The standard InChI is InChI=1S/C14H16N2O4/c1-8(12(13(17)18)16-14(19)20-2)11-7-9-5-3-4-6-10(9)15-11/h3-8,12,15H,1-2H3,(H,16,19)(H,17,18)/t8?,12-/m0/s1. The van der Waals surface area contributed by atoms with Crippen LogP contribution in [0, 0.1) is 0 Å². The number of aromatic nitrogens is 1. The number of alkyl carbamates (subject to hydrolysis) is 1. The minimum absolute atomic E-state index is 0.418. The Labute approximate surface area is 115 Å². The topological polar surface area (TPSA) is 91.4 Å². The summed E-state index contributed by atoms with van der Waals surface area (Å²) >= 11 is 0. The highest BCUT2D eigenvalue weighted by molar-refractivity contribution is 5.83. The maximum atomic E-state index is 11.3. The fourth-order valence-electron chi connectivity index (χ4n) is 2.11. The van der Waals surface area contributed by atoms with E-state index in [0.29, 0.717) is 0 Å². The molecule has 1 aromatic carbocycles. The van der Waals surface area contributed by atoms with E-state index in [9.17, 15) is 14.7 Å². The molecule has 1 heterocycles. The zero-order valence-corrected chi connectivity index (χ0v) is 11.2. The molecule has 1 unspecified atom stereocenters. The molecule has 2 atom stereocenters. The van der Waals surface area contributed by atoms with Crippen LogP contribution in [0.25, 0.3) is 10.9 Å². The number of methoxy groups -OCH3 is 1. The number of ether oxygens (including phenoxy) is 1. The summed E-state index contributed by atoms with van der Waals surface area (Å²) in [5.41, 5.74) is 1.67. The summed E-state index contributed by atoms with van der Waals surface area (Å²) in [6, 6.07) is 8.48. The van der Waals surface area contributed by atoms with Crippen molar-refractivity contribution in [2.75, 3.05) is 7.11 Å². The van der Waals surface area contributed by atoms with Crippen molar-refractivity contribution in [2.45, 2.75) is 18.9 Å². The number of rotatable bonds is 4. The van der Waals surface area contributed by atoms with Gasteiger partial charge in [0.15, 0.2) is 0 Å². The summed E-state index contributed by atoms with van der Waals surface area (Å²) in [4.78, 5) is 25.7. The highest BCUT2D eigenvalue weighted by atomic mass is 16.5. The lowest BCUT2D eigenvalue weighted by molar-refractivity contribution is -0.139. The molecule has 0 fully saturated rings. The van der Waals surface area contributed by atoms with Gasteiger partial charge in [0.05, 0.1) is 7.11 Å². The zero-order valence-electron chi connectivity index (χ0n) is 11.2. The van der Waals surface area contributed by atoms with Gasteiger partial charge < -0.3 is 20.1 Å². The van der Waals surface area contributed by atoms with E-state index < -0.39 is 24.0 Å². The summed E-state index contributed by atoms with van der Waals surface area (Å²) in [7, 11) is 1.20. The Morgan fingerprint density at radius 2 is 2.05 bits per heavy atom. The van der Waals surface area contributed by atoms with Gasteiger partial charge in [-0.1, -0.05) is 25.1 Å². The molecular formula is C14H16N2O4. The summed E-state index contributed by atoms with van der Waals surface area (Å²) in [5.74, 6) is -1.53. The van der Waals surface area contributed by atoms with Crippen molar-refractivity contribution in [1.29, 1.82) is 0 Å². The quantitative estimate of drug-likeness (QED) is 0.797. The maximum Gasteiger partial charge on any atom is 0.407 e. The molecule has 3 N–H and O–H groups in total.